The number of Topliss-reactive ketones (excluding diaryl/α,β-unsaturated/α-hetero) is 1. The molecule has 2 N–H and O–H groups in total. The van der Waals surface area contributed by atoms with Crippen LogP contribution in [0.4, 0.5) is 0 Å². The van der Waals surface area contributed by atoms with Crippen LogP contribution in [0.3, 0.4) is 0 Å². The summed E-state index contributed by atoms with van der Waals surface area (Å²) in [7, 11) is 0. The highest BCUT2D eigenvalue weighted by molar-refractivity contribution is 5.78. The van der Waals surface area contributed by atoms with Crippen LogP contribution in [0.2, 0.25) is 0 Å². The van der Waals surface area contributed by atoms with Crippen molar-refractivity contribution in [3.63, 3.8) is 0 Å². The van der Waals surface area contributed by atoms with E-state index in [2.05, 4.69) is 0 Å². The van der Waals surface area contributed by atoms with E-state index in [0.29, 0.717) is 5.78 Å². The first-order valence-electron chi connectivity index (χ1n) is 4.04. The Morgan fingerprint density at radius 3 is 1.64 bits per heavy atom. The van der Waals surface area contributed by atoms with Crippen molar-refractivity contribution in [3.05, 3.63) is 0 Å². The summed E-state index contributed by atoms with van der Waals surface area (Å²) in [4.78, 5) is 10.5. The zero-order valence-electron chi connectivity index (χ0n) is 6.75. The molecule has 1 saturated carbocycles. The van der Waals surface area contributed by atoms with Crippen LogP contribution in [0.15, 0.2) is 0 Å². The molecule has 3 heteroatoms. The highest BCUT2D eigenvalue weighted by atomic mass is 16.3. The van der Waals surface area contributed by atoms with E-state index < -0.39 is 0 Å². The average Bonchev–Trinajstić information content (AvgIpc) is 2.07. The Morgan fingerprint density at radius 1 is 1.00 bits per heavy atom. The van der Waals surface area contributed by atoms with Crippen LogP contribution in [-0.4, -0.2) is 29.2 Å². The molecule has 66 valence electrons. The summed E-state index contributed by atoms with van der Waals surface area (Å²) in [5.74, 6) is 0.464. The molecule has 0 unspecified atom stereocenters. The van der Waals surface area contributed by atoms with E-state index in [1.54, 1.807) is 0 Å². The molecule has 0 aromatic rings. The van der Waals surface area contributed by atoms with Crippen molar-refractivity contribution in [1.82, 2.24) is 0 Å². The van der Waals surface area contributed by atoms with Gasteiger partial charge in [-0.15, -0.1) is 0 Å². The van der Waals surface area contributed by atoms with Gasteiger partial charge in [-0.05, 0) is 12.8 Å². The van der Waals surface area contributed by atoms with Crippen molar-refractivity contribution in [1.29, 1.82) is 0 Å². The average molecular weight is 160 g/mol. The molecular weight excluding hydrogens is 144 g/mol. The van der Waals surface area contributed by atoms with Crippen LogP contribution in [0.25, 0.3) is 0 Å². The van der Waals surface area contributed by atoms with Crippen molar-refractivity contribution in [2.75, 3.05) is 13.2 Å². The molecule has 1 aliphatic rings. The highest BCUT2D eigenvalue weighted by Gasteiger charge is 2.05. The van der Waals surface area contributed by atoms with E-state index in [1.165, 1.54) is 6.42 Å². The van der Waals surface area contributed by atoms with Gasteiger partial charge in [0.1, 0.15) is 5.78 Å². The summed E-state index contributed by atoms with van der Waals surface area (Å²) in [6.45, 7) is -0.250. The molecule has 0 amide bonds. The maximum Gasteiger partial charge on any atom is 0.132 e. The number of hydrogen-bond acceptors (Lipinski definition) is 3. The van der Waals surface area contributed by atoms with E-state index in [4.69, 9.17) is 10.2 Å². The van der Waals surface area contributed by atoms with Gasteiger partial charge < -0.3 is 10.2 Å². The van der Waals surface area contributed by atoms with Crippen LogP contribution in [0.1, 0.15) is 32.1 Å². The number of aliphatic hydroxyl groups is 2. The third kappa shape index (κ3) is 7.49. The number of carbonyl (C=O) groups is 1. The lowest BCUT2D eigenvalue weighted by Crippen LogP contribution is -2.02. The third-order valence-electron chi connectivity index (χ3n) is 1.51. The molecule has 0 aromatic heterocycles. The maximum absolute atomic E-state index is 10.5. The van der Waals surface area contributed by atoms with Gasteiger partial charge in [-0.25, -0.2) is 0 Å². The molecule has 1 rings (SSSR count). The van der Waals surface area contributed by atoms with Gasteiger partial charge in [0.2, 0.25) is 0 Å². The quantitative estimate of drug-likeness (QED) is 0.587. The fourth-order valence-electron chi connectivity index (χ4n) is 0.946. The van der Waals surface area contributed by atoms with Gasteiger partial charge in [0, 0.05) is 12.8 Å². The fourth-order valence-corrected chi connectivity index (χ4v) is 0.946. The largest absolute Gasteiger partial charge is 0.394 e. The Morgan fingerprint density at radius 2 is 1.45 bits per heavy atom. The van der Waals surface area contributed by atoms with Gasteiger partial charge in [0.25, 0.3) is 0 Å². The zero-order valence-corrected chi connectivity index (χ0v) is 6.75. The lowest BCUT2D eigenvalue weighted by atomic mass is 10.00. The van der Waals surface area contributed by atoms with Gasteiger partial charge in [-0.2, -0.15) is 0 Å². The molecule has 0 aromatic carbocycles. The van der Waals surface area contributed by atoms with Crippen molar-refractivity contribution >= 4 is 5.78 Å². The second-order valence-corrected chi connectivity index (χ2v) is 2.55. The van der Waals surface area contributed by atoms with Crippen molar-refractivity contribution in [2.45, 2.75) is 32.1 Å². The smallest absolute Gasteiger partial charge is 0.132 e. The van der Waals surface area contributed by atoms with E-state index in [0.717, 1.165) is 25.7 Å². The van der Waals surface area contributed by atoms with Crippen molar-refractivity contribution < 1.29 is 15.0 Å². The molecule has 0 bridgehead atoms. The molecule has 1 aliphatic carbocycles. The molecule has 1 fully saturated rings. The number of carbonyl (C=O) groups excluding carboxylic acids is 1. The molecule has 3 nitrogen and oxygen atoms in total. The second-order valence-electron chi connectivity index (χ2n) is 2.55. The van der Waals surface area contributed by atoms with Gasteiger partial charge in [0.15, 0.2) is 0 Å². The first-order chi connectivity index (χ1) is 5.31. The fraction of sp³-hybridized carbons (Fsp3) is 0.875. The Balaban J connectivity index is 0.000000218. The van der Waals surface area contributed by atoms with Crippen LogP contribution in [0, 0.1) is 0 Å². The maximum atomic E-state index is 10.5. The molecule has 11 heavy (non-hydrogen) atoms. The minimum absolute atomic E-state index is 0.125. The number of aliphatic hydroxyl groups excluding tert-OH is 2. The van der Waals surface area contributed by atoms with E-state index in [9.17, 15) is 4.79 Å². The Kier molecular flexibility index (Phi) is 7.41. The lowest BCUT2D eigenvalue weighted by molar-refractivity contribution is -0.120. The van der Waals surface area contributed by atoms with Crippen LogP contribution in [0.5, 0.6) is 0 Å². The van der Waals surface area contributed by atoms with Gasteiger partial charge >= 0.3 is 0 Å². The lowest BCUT2D eigenvalue weighted by Gasteiger charge is -2.05. The first-order valence-corrected chi connectivity index (χ1v) is 4.04. The monoisotopic (exact) mass is 160 g/mol. The normalized spacial score (nSPS) is 17.1. The van der Waals surface area contributed by atoms with E-state index in [1.807, 2.05) is 0 Å². The third-order valence-corrected chi connectivity index (χ3v) is 1.51. The van der Waals surface area contributed by atoms with Crippen LogP contribution < -0.4 is 0 Å². The topological polar surface area (TPSA) is 57.5 Å². The van der Waals surface area contributed by atoms with Gasteiger partial charge in [0.05, 0.1) is 13.2 Å². The Labute approximate surface area is 67.0 Å². The predicted molar refractivity (Wildman–Crippen MR) is 42.3 cm³/mol. The first kappa shape index (κ1) is 10.6. The molecule has 0 radical (unpaired) electrons. The van der Waals surface area contributed by atoms with E-state index >= 15 is 0 Å². The molecule has 0 heterocycles. The van der Waals surface area contributed by atoms with Crippen molar-refractivity contribution in [3.8, 4) is 0 Å². The molecular formula is C8H16O3. The summed E-state index contributed by atoms with van der Waals surface area (Å²) in [5, 5.41) is 15.2. The minimum atomic E-state index is -0.125. The summed E-state index contributed by atoms with van der Waals surface area (Å²) in [6, 6.07) is 0. The minimum Gasteiger partial charge on any atom is -0.394 e. The van der Waals surface area contributed by atoms with Crippen LogP contribution >= 0.6 is 0 Å². The Hall–Kier alpha value is -0.410. The molecule has 0 aliphatic heterocycles. The summed E-state index contributed by atoms with van der Waals surface area (Å²) < 4.78 is 0. The summed E-state index contributed by atoms with van der Waals surface area (Å²) >= 11 is 0. The second kappa shape index (κ2) is 7.69. The van der Waals surface area contributed by atoms with Gasteiger partial charge in [-0.3, -0.25) is 4.79 Å². The highest BCUT2D eigenvalue weighted by Crippen LogP contribution is 2.12. The predicted octanol–water partition coefficient (Wildman–Crippen LogP) is 0.491. The Bertz CT molecular complexity index is 91.5. The number of rotatable bonds is 1. The van der Waals surface area contributed by atoms with E-state index in [-0.39, 0.29) is 13.2 Å². The molecule has 0 saturated heterocycles. The zero-order chi connectivity index (χ0) is 8.53. The standard InChI is InChI=1S/C6H10O.C2H6O2/c7-6-4-2-1-3-5-6;3-1-2-4/h1-5H2;3-4H,1-2H2. The van der Waals surface area contributed by atoms with Crippen LogP contribution in [-0.2, 0) is 4.79 Å². The molecule has 0 spiro atoms. The number of hydrogen-bond donors (Lipinski definition) is 2. The van der Waals surface area contributed by atoms with Gasteiger partial charge in [-0.1, -0.05) is 6.42 Å². The molecule has 0 atom stereocenters. The summed E-state index contributed by atoms with van der Waals surface area (Å²) in [5.41, 5.74) is 0. The number of ketones is 1. The summed E-state index contributed by atoms with van der Waals surface area (Å²) in [6.07, 6.45) is 5.24. The van der Waals surface area contributed by atoms with Crippen molar-refractivity contribution in [2.24, 2.45) is 0 Å². The SMILES string of the molecule is O=C1CCCCC1.OCCO.